The first kappa shape index (κ1) is 14.8. The van der Waals surface area contributed by atoms with Crippen molar-refractivity contribution in [1.29, 1.82) is 0 Å². The van der Waals surface area contributed by atoms with Crippen LogP contribution >= 0.6 is 11.3 Å². The summed E-state index contributed by atoms with van der Waals surface area (Å²) in [7, 11) is 0. The van der Waals surface area contributed by atoms with Crippen molar-refractivity contribution >= 4 is 28.3 Å². The van der Waals surface area contributed by atoms with Crippen molar-refractivity contribution in [2.45, 2.75) is 13.3 Å². The van der Waals surface area contributed by atoms with Gasteiger partial charge in [0.15, 0.2) is 0 Å². The summed E-state index contributed by atoms with van der Waals surface area (Å²) in [5, 5.41) is 12.7. The molecule has 0 aliphatic heterocycles. The van der Waals surface area contributed by atoms with Gasteiger partial charge in [-0.15, -0.1) is 0 Å². The number of aromatic nitrogens is 3. The van der Waals surface area contributed by atoms with Gasteiger partial charge in [0, 0.05) is 12.1 Å². The lowest BCUT2D eigenvalue weighted by Gasteiger charge is -2.07. The van der Waals surface area contributed by atoms with Crippen LogP contribution in [0.1, 0.15) is 11.1 Å². The lowest BCUT2D eigenvalue weighted by atomic mass is 10.0. The van der Waals surface area contributed by atoms with Crippen LogP contribution in [0.4, 0.5) is 5.82 Å². The van der Waals surface area contributed by atoms with E-state index in [2.05, 4.69) is 50.3 Å². The summed E-state index contributed by atoms with van der Waals surface area (Å²) >= 11 is 1.71. The van der Waals surface area contributed by atoms with Gasteiger partial charge in [0.2, 0.25) is 0 Å². The molecule has 0 saturated carbocycles. The van der Waals surface area contributed by atoms with Crippen molar-refractivity contribution in [3.63, 3.8) is 0 Å². The molecule has 0 unspecified atom stereocenters. The molecule has 0 amide bonds. The zero-order chi connectivity index (χ0) is 16.4. The van der Waals surface area contributed by atoms with Crippen molar-refractivity contribution in [2.24, 2.45) is 0 Å². The molecule has 1 N–H and O–H groups in total. The number of hydrogen-bond acceptors (Lipinski definition) is 6. The number of benzene rings is 1. The predicted molar refractivity (Wildman–Crippen MR) is 96.3 cm³/mol. The molecular weight excluding hydrogens is 320 g/mol. The van der Waals surface area contributed by atoms with Gasteiger partial charge in [0.25, 0.3) is 5.71 Å². The van der Waals surface area contributed by atoms with Gasteiger partial charge >= 0.3 is 0 Å². The van der Waals surface area contributed by atoms with E-state index in [4.69, 9.17) is 4.52 Å². The maximum atomic E-state index is 5.41. The van der Waals surface area contributed by atoms with Gasteiger partial charge in [0.1, 0.15) is 23.2 Å². The quantitative estimate of drug-likeness (QED) is 0.588. The normalized spacial score (nSPS) is 11.0. The van der Waals surface area contributed by atoms with Crippen LogP contribution in [0.3, 0.4) is 0 Å². The Balaban J connectivity index is 1.68. The average molecular weight is 336 g/mol. The van der Waals surface area contributed by atoms with E-state index in [9.17, 15) is 0 Å². The molecule has 3 aromatic heterocycles. The first-order valence-electron chi connectivity index (χ1n) is 7.74. The maximum absolute atomic E-state index is 5.41. The summed E-state index contributed by atoms with van der Waals surface area (Å²) in [6.07, 6.45) is 2.45. The second-order valence-electron chi connectivity index (χ2n) is 5.56. The molecule has 120 valence electrons. The van der Waals surface area contributed by atoms with E-state index in [0.29, 0.717) is 5.71 Å². The SMILES string of the molecule is Cc1ccccc1-c1noc2ncnc(NCCc3ccsc3)c12. The summed E-state index contributed by atoms with van der Waals surface area (Å²) in [4.78, 5) is 8.59. The minimum absolute atomic E-state index is 0.501. The van der Waals surface area contributed by atoms with Crippen LogP contribution in [-0.4, -0.2) is 21.7 Å². The summed E-state index contributed by atoms with van der Waals surface area (Å²) < 4.78 is 5.41. The maximum Gasteiger partial charge on any atom is 0.263 e. The number of anilines is 1. The highest BCUT2D eigenvalue weighted by molar-refractivity contribution is 7.07. The lowest BCUT2D eigenvalue weighted by Crippen LogP contribution is -2.06. The summed E-state index contributed by atoms with van der Waals surface area (Å²) in [6.45, 7) is 2.85. The van der Waals surface area contributed by atoms with E-state index in [-0.39, 0.29) is 0 Å². The van der Waals surface area contributed by atoms with Gasteiger partial charge < -0.3 is 9.84 Å². The number of rotatable bonds is 5. The molecule has 1 aromatic carbocycles. The molecule has 0 fully saturated rings. The summed E-state index contributed by atoms with van der Waals surface area (Å²) in [5.41, 5.74) is 4.78. The van der Waals surface area contributed by atoms with Gasteiger partial charge in [-0.3, -0.25) is 0 Å². The molecule has 4 aromatic rings. The monoisotopic (exact) mass is 336 g/mol. The molecule has 24 heavy (non-hydrogen) atoms. The van der Waals surface area contributed by atoms with Crippen molar-refractivity contribution in [1.82, 2.24) is 15.1 Å². The fourth-order valence-electron chi connectivity index (χ4n) is 2.70. The van der Waals surface area contributed by atoms with Crippen LogP contribution in [0.25, 0.3) is 22.4 Å². The molecule has 0 aliphatic carbocycles. The third-order valence-corrected chi connectivity index (χ3v) is 4.69. The van der Waals surface area contributed by atoms with Gasteiger partial charge in [0.05, 0.1) is 0 Å². The Labute approximate surface area is 143 Å². The molecule has 0 bridgehead atoms. The molecule has 5 nitrogen and oxygen atoms in total. The fraction of sp³-hybridized carbons (Fsp3) is 0.167. The average Bonchev–Trinajstić information content (AvgIpc) is 3.25. The minimum atomic E-state index is 0.501. The van der Waals surface area contributed by atoms with Crippen molar-refractivity contribution < 1.29 is 4.52 Å². The number of aryl methyl sites for hydroxylation is 1. The zero-order valence-electron chi connectivity index (χ0n) is 13.2. The Bertz CT molecular complexity index is 962. The Morgan fingerprint density at radius 2 is 2.08 bits per heavy atom. The number of nitrogens with zero attached hydrogens (tertiary/aromatic N) is 3. The molecule has 0 spiro atoms. The smallest absolute Gasteiger partial charge is 0.263 e. The number of nitrogens with one attached hydrogen (secondary N) is 1. The highest BCUT2D eigenvalue weighted by Gasteiger charge is 2.17. The number of hydrogen-bond donors (Lipinski definition) is 1. The van der Waals surface area contributed by atoms with E-state index >= 15 is 0 Å². The largest absolute Gasteiger partial charge is 0.369 e. The Hall–Kier alpha value is -2.73. The molecular formula is C18H16N4OS. The van der Waals surface area contributed by atoms with Crippen molar-refractivity contribution in [3.05, 3.63) is 58.5 Å². The molecule has 0 aliphatic rings. The van der Waals surface area contributed by atoms with Crippen LogP contribution in [0.5, 0.6) is 0 Å². The Kier molecular flexibility index (Phi) is 3.96. The van der Waals surface area contributed by atoms with Gasteiger partial charge in [-0.1, -0.05) is 29.4 Å². The molecule has 3 heterocycles. The zero-order valence-corrected chi connectivity index (χ0v) is 14.0. The number of thiophene rings is 1. The Morgan fingerprint density at radius 3 is 2.92 bits per heavy atom. The molecule has 0 saturated heterocycles. The van der Waals surface area contributed by atoms with Crippen molar-refractivity contribution in [3.8, 4) is 11.3 Å². The van der Waals surface area contributed by atoms with Crippen LogP contribution in [0.2, 0.25) is 0 Å². The van der Waals surface area contributed by atoms with Crippen LogP contribution in [0.15, 0.2) is 51.9 Å². The van der Waals surface area contributed by atoms with Gasteiger partial charge in [-0.05, 0) is 41.3 Å². The van der Waals surface area contributed by atoms with Crippen LogP contribution < -0.4 is 5.32 Å². The molecule has 4 rings (SSSR count). The van der Waals surface area contributed by atoms with E-state index < -0.39 is 0 Å². The lowest BCUT2D eigenvalue weighted by molar-refractivity contribution is 0.451. The second-order valence-corrected chi connectivity index (χ2v) is 6.34. The molecule has 0 atom stereocenters. The third-order valence-electron chi connectivity index (χ3n) is 3.96. The third kappa shape index (κ3) is 2.76. The van der Waals surface area contributed by atoms with E-state index in [0.717, 1.165) is 41.0 Å². The summed E-state index contributed by atoms with van der Waals surface area (Å²) in [5.74, 6) is 0.759. The van der Waals surface area contributed by atoms with Crippen LogP contribution in [-0.2, 0) is 6.42 Å². The van der Waals surface area contributed by atoms with E-state index in [1.165, 1.54) is 11.9 Å². The molecule has 0 radical (unpaired) electrons. The second kappa shape index (κ2) is 6.41. The predicted octanol–water partition coefficient (Wildman–Crippen LogP) is 4.31. The van der Waals surface area contributed by atoms with Crippen LogP contribution in [0, 0.1) is 6.92 Å². The fourth-order valence-corrected chi connectivity index (χ4v) is 3.41. The highest BCUT2D eigenvalue weighted by Crippen LogP contribution is 2.32. The standard InChI is InChI=1S/C18H16N4OS/c1-12-4-2-3-5-14(12)16-15-17(20-11-21-18(15)23-22-16)19-8-6-13-7-9-24-10-13/h2-5,7,9-11H,6,8H2,1H3,(H,19,20,21). The number of fused-ring (bicyclic) bond motifs is 1. The Morgan fingerprint density at radius 1 is 1.17 bits per heavy atom. The summed E-state index contributed by atoms with van der Waals surface area (Å²) in [6, 6.07) is 10.2. The molecule has 6 heteroatoms. The minimum Gasteiger partial charge on any atom is -0.369 e. The highest BCUT2D eigenvalue weighted by atomic mass is 32.1. The van der Waals surface area contributed by atoms with Crippen molar-refractivity contribution in [2.75, 3.05) is 11.9 Å². The van der Waals surface area contributed by atoms with E-state index in [1.807, 2.05) is 18.2 Å². The first-order valence-corrected chi connectivity index (χ1v) is 8.68. The van der Waals surface area contributed by atoms with E-state index in [1.54, 1.807) is 11.3 Å². The van der Waals surface area contributed by atoms with Gasteiger partial charge in [-0.2, -0.15) is 16.3 Å². The topological polar surface area (TPSA) is 63.8 Å². The van der Waals surface area contributed by atoms with Gasteiger partial charge in [-0.25, -0.2) is 4.98 Å². The first-order chi connectivity index (χ1) is 11.8.